The number of ether oxygens (including phenoxy) is 7. The van der Waals surface area contributed by atoms with Crippen molar-refractivity contribution in [2.45, 2.75) is 167 Å². The van der Waals surface area contributed by atoms with Crippen LogP contribution in [0, 0.1) is 39.5 Å². The molecule has 0 saturated carbocycles. The summed E-state index contributed by atoms with van der Waals surface area (Å²) in [6.07, 6.45) is 15.9. The highest BCUT2D eigenvalue weighted by atomic mass is 32.3. The zero-order valence-electron chi connectivity index (χ0n) is 76.3. The molecule has 0 spiro atoms. The Morgan fingerprint density at radius 1 is 0.485 bits per heavy atom. The van der Waals surface area contributed by atoms with Gasteiger partial charge in [0.25, 0.3) is 0 Å². The number of piperidine rings is 1. The molecule has 2 fully saturated rings. The second kappa shape index (κ2) is 40.4. The van der Waals surface area contributed by atoms with E-state index in [1.54, 1.807) is 36.5 Å². The van der Waals surface area contributed by atoms with E-state index in [2.05, 4.69) is 45.0 Å². The highest BCUT2D eigenvalue weighted by Gasteiger charge is 2.56. The standard InChI is InChI=1S/2C41H42N4O8.C17H23NO3.H2O4S/c1-9-23-20(2)29-17-34-27-13-10-26(39(49)52-7)38(40(50)53-8)41(27,5)35(45-34)19-30-22(4)24(11-14-36(46)47)32(44-30)18-33-25(12-15-37(48)51-6)21(3)28(43-33)16-31(23)42-29;1-9-23-20(2)29-17-34-27-13-10-26(39(49)52-7)38(40(50)53-8)41(27,5)35(45-34)19-30-22(4)25(12-15-37(48)51-6)33(44-30)18-32-24(11-14-36(46)47)21(3)28(43-32)16-31(23)42-29;1-18-13-7-8-14(18)10-15(9-13)21-17(20)16(11-19)12-5-3-2-4-6-12;1-5(2,3)4/h2*9-10,13,16-19,38,43-44H,1,11-12,14-15H2,2-8H3,(H,46,47);2-6,13-16,19H,7-11H2,1H3;(H2,1,2,3,4)/t2*38-,41+;13-,14+,15?,16?;/m00../s1. The number of aliphatic carboxylic acids is 2. The predicted molar refractivity (Wildman–Crippen MR) is 495 cm³/mol. The maximum atomic E-state index is 13.7. The average Bonchev–Trinajstić information content (AvgIpc) is 1.56. The molecule has 15 rings (SSSR count). The first-order valence-electron chi connectivity index (χ1n) is 42.9. The number of hydrogen-bond acceptors (Lipinski definition) is 24. The van der Waals surface area contributed by atoms with Crippen molar-refractivity contribution in [1.82, 2.24) is 44.8 Å². The Hall–Kier alpha value is -13.6. The minimum atomic E-state index is -4.67. The van der Waals surface area contributed by atoms with Crippen LogP contribution in [0.2, 0.25) is 0 Å². The largest absolute Gasteiger partial charge is 0.481 e. The zero-order chi connectivity index (χ0) is 96.0. The van der Waals surface area contributed by atoms with Crippen molar-refractivity contribution < 1.29 is 109 Å². The molecule has 7 aromatic rings. The molecule has 6 aliphatic heterocycles. The number of hydrogen-bond donors (Lipinski definition) is 9. The lowest BCUT2D eigenvalue weighted by Crippen LogP contribution is -2.43. The fourth-order valence-corrected chi connectivity index (χ4v) is 19.1. The van der Waals surface area contributed by atoms with Crippen LogP contribution in [0.5, 0.6) is 0 Å². The number of carbonyl (C=O) groups excluding carboxylic acids is 7. The van der Waals surface area contributed by atoms with Crippen LogP contribution in [0.15, 0.2) is 140 Å². The van der Waals surface area contributed by atoms with E-state index in [0.717, 1.165) is 102 Å². The number of aromatic amines is 4. The third-order valence-corrected chi connectivity index (χ3v) is 26.4. The van der Waals surface area contributed by atoms with Gasteiger partial charge in [0.15, 0.2) is 0 Å². The maximum absolute atomic E-state index is 13.7. The van der Waals surface area contributed by atoms with Crippen LogP contribution < -0.4 is 0 Å². The number of allylic oxidation sites excluding steroid dienone is 12. The van der Waals surface area contributed by atoms with E-state index in [-0.39, 0.29) is 80.3 Å². The SMILES string of the molecule is C=CC1=C(C)c2cc3nc(cc4[nH]c(cc5[nH]c(cc1n2)c(C)c5CCC(=O)O)c(CCC(=O)OC)c4C)[C@@]1(C)C3=CC=C(C(=O)OC)[C@H]1C(=O)OC.C=CC1=C(C)c2cc3nc(cc4[nH]c(cc5[nH]c(cc1n2)c(C)c5CCC(=O)OC)c(CCC(=O)O)c4C)[C@@]1(C)C3=CC=C(C(=O)OC)[C@H]1C(=O)OC.CN1[C@@H]2CC[C@H]1CC(OC(=O)C(CO)c1ccccc1)C2.O=S(=O)(O)O. The molecule has 6 aromatic heterocycles. The van der Waals surface area contributed by atoms with Crippen LogP contribution in [0.4, 0.5) is 0 Å². The maximum Gasteiger partial charge on any atom is 0.394 e. The van der Waals surface area contributed by atoms with Crippen molar-refractivity contribution in [3.05, 3.63) is 235 Å². The number of carbonyl (C=O) groups is 9. The number of esters is 7. The van der Waals surface area contributed by atoms with Crippen molar-refractivity contribution in [3.8, 4) is 0 Å². The third kappa shape index (κ3) is 19.9. The third-order valence-electron chi connectivity index (χ3n) is 26.4. The van der Waals surface area contributed by atoms with Crippen LogP contribution in [0.3, 0.4) is 0 Å². The Morgan fingerprint density at radius 2 is 0.841 bits per heavy atom. The molecule has 8 aliphatic rings. The van der Waals surface area contributed by atoms with E-state index < -0.39 is 74.8 Å². The Kier molecular flexibility index (Phi) is 29.8. The molecule has 0 amide bonds. The molecule has 12 heterocycles. The lowest BCUT2D eigenvalue weighted by molar-refractivity contribution is -0.155. The fraction of sp³-hybridized carbons (Fsp3) is 0.364. The normalized spacial score (nSPS) is 19.5. The first-order chi connectivity index (χ1) is 62.7. The number of fused-ring (bicyclic) bond motifs is 24. The number of benzene rings is 1. The summed E-state index contributed by atoms with van der Waals surface area (Å²) in [6.45, 7) is 23.3. The van der Waals surface area contributed by atoms with Gasteiger partial charge >= 0.3 is 64.1 Å². The number of methoxy groups -OCH3 is 6. The molecule has 694 valence electrons. The summed E-state index contributed by atoms with van der Waals surface area (Å²) in [4.78, 5) is 151. The van der Waals surface area contributed by atoms with E-state index in [4.69, 9.17) is 70.6 Å². The number of rotatable bonds is 22. The summed E-state index contributed by atoms with van der Waals surface area (Å²) in [5.74, 6) is -8.20. The molecule has 0 radical (unpaired) electrons. The molecule has 32 nitrogen and oxygen atoms in total. The van der Waals surface area contributed by atoms with E-state index in [0.29, 0.717) is 109 Å². The topological polar surface area (TPSA) is 471 Å². The van der Waals surface area contributed by atoms with Crippen molar-refractivity contribution in [2.24, 2.45) is 11.8 Å². The molecule has 18 bridgehead atoms. The van der Waals surface area contributed by atoms with Gasteiger partial charge in [0.2, 0.25) is 0 Å². The van der Waals surface area contributed by atoms with Crippen LogP contribution in [0.1, 0.15) is 181 Å². The number of nitrogens with one attached hydrogen (secondary N) is 4. The van der Waals surface area contributed by atoms with Gasteiger partial charge in [-0.2, -0.15) is 8.42 Å². The van der Waals surface area contributed by atoms with Gasteiger partial charge in [-0.15, -0.1) is 0 Å². The van der Waals surface area contributed by atoms with Crippen molar-refractivity contribution in [2.75, 3.05) is 56.3 Å². The van der Waals surface area contributed by atoms with Gasteiger partial charge in [-0.1, -0.05) is 79.9 Å². The van der Waals surface area contributed by atoms with Crippen LogP contribution in [-0.4, -0.2) is 206 Å². The molecule has 33 heteroatoms. The second-order valence-corrected chi connectivity index (χ2v) is 34.6. The van der Waals surface area contributed by atoms with Gasteiger partial charge in [-0.05, 0) is 235 Å². The predicted octanol–water partition coefficient (Wildman–Crippen LogP) is 14.1. The smallest absolute Gasteiger partial charge is 0.394 e. The second-order valence-electron chi connectivity index (χ2n) is 33.7. The van der Waals surface area contributed by atoms with E-state index >= 15 is 0 Å². The van der Waals surface area contributed by atoms with Gasteiger partial charge in [-0.25, -0.2) is 19.6 Å². The molecule has 132 heavy (non-hydrogen) atoms. The zero-order valence-corrected chi connectivity index (χ0v) is 77.1. The lowest BCUT2D eigenvalue weighted by Gasteiger charge is -2.36. The Bertz CT molecular complexity index is 6570. The Morgan fingerprint density at radius 3 is 1.17 bits per heavy atom. The molecule has 2 unspecified atom stereocenters. The van der Waals surface area contributed by atoms with E-state index in [1.165, 1.54) is 55.5 Å². The summed E-state index contributed by atoms with van der Waals surface area (Å²) in [7, 11) is 5.28. The van der Waals surface area contributed by atoms with Crippen LogP contribution >= 0.6 is 0 Å². The Balaban J connectivity index is 0.000000188. The monoisotopic (exact) mass is 1820 g/mol. The summed E-state index contributed by atoms with van der Waals surface area (Å²) in [5.41, 5.74) is 20.7. The molecule has 8 atom stereocenters. The van der Waals surface area contributed by atoms with E-state index in [9.17, 15) is 58.5 Å². The molecule has 2 saturated heterocycles. The van der Waals surface area contributed by atoms with Gasteiger partial charge in [-0.3, -0.25) is 52.6 Å². The number of carboxylic acid groups (broad SMARTS) is 2. The van der Waals surface area contributed by atoms with E-state index in [1.807, 2.05) is 134 Å². The number of aromatic nitrogens is 8. The highest BCUT2D eigenvalue weighted by Crippen LogP contribution is 2.55. The number of H-pyrrole nitrogens is 4. The molecule has 1 aromatic carbocycles. The summed E-state index contributed by atoms with van der Waals surface area (Å²) in [5, 5.41) is 28.8. The highest BCUT2D eigenvalue weighted by molar-refractivity contribution is 7.79. The first kappa shape index (κ1) is 97.5. The number of nitrogens with zero attached hydrogens (tertiary/aromatic N) is 5. The Labute approximate surface area is 762 Å². The number of aliphatic hydroxyl groups is 1. The van der Waals surface area contributed by atoms with Crippen LogP contribution in [-0.2, 0) is 123 Å². The summed E-state index contributed by atoms with van der Waals surface area (Å²) >= 11 is 0. The first-order valence-corrected chi connectivity index (χ1v) is 44.3. The molecule has 2 aliphatic carbocycles. The summed E-state index contributed by atoms with van der Waals surface area (Å²) in [6, 6.07) is 25.7. The number of aliphatic hydroxyl groups excluding tert-OH is 1. The quantitative estimate of drug-likeness (QED) is 0.0173. The fourth-order valence-electron chi connectivity index (χ4n) is 19.1. The minimum Gasteiger partial charge on any atom is -0.481 e. The molecular weight excluding hydrogens is 1720 g/mol. The minimum absolute atomic E-state index is 0.00367. The van der Waals surface area contributed by atoms with Crippen LogP contribution in [0.25, 0.3) is 77.6 Å². The number of aryl methyl sites for hydroxylation is 8. The van der Waals surface area contributed by atoms with Gasteiger partial charge in [0.1, 0.15) is 23.9 Å². The average molecular weight is 1830 g/mol. The lowest BCUT2D eigenvalue weighted by atomic mass is 9.64. The van der Waals surface area contributed by atoms with Crippen molar-refractivity contribution in [3.63, 3.8) is 0 Å². The van der Waals surface area contributed by atoms with Gasteiger partial charge in [0.05, 0.1) is 117 Å². The van der Waals surface area contributed by atoms with Crippen molar-refractivity contribution in [1.29, 1.82) is 0 Å². The van der Waals surface area contributed by atoms with Gasteiger partial charge in [0, 0.05) is 93.0 Å². The molecular formula is C99H109N9O23S. The van der Waals surface area contributed by atoms with Gasteiger partial charge < -0.3 is 73.3 Å². The van der Waals surface area contributed by atoms with Crippen molar-refractivity contribution >= 4 is 142 Å². The summed E-state index contributed by atoms with van der Waals surface area (Å²) < 4.78 is 68.0. The molecule has 9 N–H and O–H groups in total. The number of carboxylic acids is 2.